The number of nitrogens with one attached hydrogen (secondary N) is 2. The maximum absolute atomic E-state index is 12.3. The third kappa shape index (κ3) is 6.47. The smallest absolute Gasteiger partial charge is 0.251 e. The molecule has 9 heteroatoms. The van der Waals surface area contributed by atoms with E-state index in [0.29, 0.717) is 30.6 Å². The van der Waals surface area contributed by atoms with Gasteiger partial charge in [-0.2, -0.15) is 0 Å². The molecule has 1 aromatic carbocycles. The monoisotopic (exact) mass is 474 g/mol. The number of ether oxygens (including phenoxy) is 2. The first kappa shape index (κ1) is 24.9. The van der Waals surface area contributed by atoms with Crippen LogP contribution in [-0.2, 0) is 9.57 Å². The zero-order valence-electron chi connectivity index (χ0n) is 20.3. The van der Waals surface area contributed by atoms with Crippen molar-refractivity contribution in [3.05, 3.63) is 29.3 Å². The molecular formula is C25H38N4O5. The van der Waals surface area contributed by atoms with E-state index in [1.807, 2.05) is 19.1 Å². The van der Waals surface area contributed by atoms with Gasteiger partial charge in [0, 0.05) is 31.3 Å². The Balaban J connectivity index is 1.14. The predicted octanol–water partition coefficient (Wildman–Crippen LogP) is 2.23. The zero-order chi connectivity index (χ0) is 23.9. The number of carbonyl (C=O) groups is 1. The number of hydroxylamine groups is 1. The number of aryl methyl sites for hydroxylation is 1. The molecule has 1 aromatic rings. The van der Waals surface area contributed by atoms with E-state index in [2.05, 4.69) is 15.7 Å². The number of aliphatic hydroxyl groups excluding tert-OH is 1. The Bertz CT molecular complexity index is 850. The fraction of sp³-hybridized carbons (Fsp3) is 0.680. The number of rotatable bonds is 10. The highest BCUT2D eigenvalue weighted by Gasteiger charge is 2.33. The number of hydrogen-bond acceptors (Lipinski definition) is 8. The van der Waals surface area contributed by atoms with Crippen molar-refractivity contribution in [3.63, 3.8) is 0 Å². The Labute approximate surface area is 201 Å². The lowest BCUT2D eigenvalue weighted by atomic mass is 9.92. The van der Waals surface area contributed by atoms with Gasteiger partial charge in [-0.15, -0.1) is 5.48 Å². The Hall–Kier alpha value is -2.20. The van der Waals surface area contributed by atoms with Crippen LogP contribution in [0.1, 0.15) is 54.9 Å². The molecule has 34 heavy (non-hydrogen) atoms. The average Bonchev–Trinajstić information content (AvgIpc) is 3.54. The lowest BCUT2D eigenvalue weighted by Crippen LogP contribution is -2.45. The van der Waals surface area contributed by atoms with Crippen LogP contribution in [0.2, 0.25) is 0 Å². The highest BCUT2D eigenvalue weighted by atomic mass is 16.7. The van der Waals surface area contributed by atoms with Crippen LogP contribution in [0.4, 0.5) is 0 Å². The van der Waals surface area contributed by atoms with Gasteiger partial charge < -0.3 is 24.7 Å². The molecule has 3 atom stereocenters. The van der Waals surface area contributed by atoms with E-state index in [9.17, 15) is 4.79 Å². The molecule has 0 aliphatic carbocycles. The highest BCUT2D eigenvalue weighted by Crippen LogP contribution is 2.26. The number of carbonyl (C=O) groups excluding carboxylic acids is 1. The molecule has 2 unspecified atom stereocenters. The van der Waals surface area contributed by atoms with Gasteiger partial charge in [0.05, 0.1) is 25.7 Å². The summed E-state index contributed by atoms with van der Waals surface area (Å²) in [4.78, 5) is 25.0. The topological polar surface area (TPSA) is 105 Å². The molecule has 2 fully saturated rings. The summed E-state index contributed by atoms with van der Waals surface area (Å²) in [6.45, 7) is 7.79. The molecule has 4 rings (SSSR count). The Morgan fingerprint density at radius 3 is 2.88 bits per heavy atom. The number of hydrogen-bond donors (Lipinski definition) is 3. The number of aliphatic hydroxyl groups is 1. The third-order valence-corrected chi connectivity index (χ3v) is 6.91. The molecule has 3 N–H and O–H groups in total. The minimum atomic E-state index is -0.269. The van der Waals surface area contributed by atoms with Crippen LogP contribution < -0.4 is 15.5 Å². The second-order valence-corrected chi connectivity index (χ2v) is 9.63. The molecule has 0 spiro atoms. The van der Waals surface area contributed by atoms with Gasteiger partial charge in [0.1, 0.15) is 5.75 Å². The lowest BCUT2D eigenvalue weighted by Gasteiger charge is -2.33. The van der Waals surface area contributed by atoms with Gasteiger partial charge in [-0.3, -0.25) is 9.69 Å². The van der Waals surface area contributed by atoms with Crippen molar-refractivity contribution in [1.29, 1.82) is 0 Å². The predicted molar refractivity (Wildman–Crippen MR) is 129 cm³/mol. The summed E-state index contributed by atoms with van der Waals surface area (Å²) in [7, 11) is 0. The average molecular weight is 475 g/mol. The van der Waals surface area contributed by atoms with Crippen LogP contribution in [0, 0.1) is 18.8 Å². The van der Waals surface area contributed by atoms with E-state index in [4.69, 9.17) is 24.4 Å². The summed E-state index contributed by atoms with van der Waals surface area (Å²) in [5, 5.41) is 11.9. The number of piperidine rings is 1. The third-order valence-electron chi connectivity index (χ3n) is 6.91. The van der Waals surface area contributed by atoms with E-state index in [1.54, 1.807) is 13.0 Å². The Kier molecular flexibility index (Phi) is 8.77. The molecule has 9 nitrogen and oxygen atoms in total. The molecular weight excluding hydrogens is 436 g/mol. The van der Waals surface area contributed by atoms with E-state index < -0.39 is 0 Å². The molecule has 0 bridgehead atoms. The van der Waals surface area contributed by atoms with Crippen molar-refractivity contribution in [2.75, 3.05) is 39.5 Å². The SMILES string of the molecule is Cc1cc(OCCCC2CCN(C3N=C(C4CCOC4)ON3)CC2)ccc1C(=O)N[C@H](C)CO. The summed E-state index contributed by atoms with van der Waals surface area (Å²) < 4.78 is 11.4. The maximum atomic E-state index is 12.3. The first-order valence-corrected chi connectivity index (χ1v) is 12.5. The second-order valence-electron chi connectivity index (χ2n) is 9.63. The van der Waals surface area contributed by atoms with Crippen molar-refractivity contribution in [2.45, 2.75) is 58.3 Å². The molecule has 2 saturated heterocycles. The van der Waals surface area contributed by atoms with Crippen molar-refractivity contribution < 1.29 is 24.2 Å². The van der Waals surface area contributed by atoms with E-state index in [0.717, 1.165) is 69.0 Å². The minimum absolute atomic E-state index is 0.0694. The highest BCUT2D eigenvalue weighted by molar-refractivity contribution is 5.96. The van der Waals surface area contributed by atoms with Crippen molar-refractivity contribution in [1.82, 2.24) is 15.7 Å². The first-order chi connectivity index (χ1) is 16.5. The summed E-state index contributed by atoms with van der Waals surface area (Å²) >= 11 is 0. The van der Waals surface area contributed by atoms with Gasteiger partial charge in [-0.25, -0.2) is 4.99 Å². The normalized spacial score (nSPS) is 24.5. The first-order valence-electron chi connectivity index (χ1n) is 12.5. The van der Waals surface area contributed by atoms with Crippen LogP contribution in [0.25, 0.3) is 0 Å². The number of amides is 1. The Morgan fingerprint density at radius 2 is 2.18 bits per heavy atom. The van der Waals surface area contributed by atoms with Crippen LogP contribution in [0.15, 0.2) is 23.2 Å². The number of aliphatic imine (C=N–C) groups is 1. The molecule has 0 aromatic heterocycles. The number of likely N-dealkylation sites (tertiary alicyclic amines) is 1. The van der Waals surface area contributed by atoms with Crippen molar-refractivity contribution in [3.8, 4) is 5.75 Å². The van der Waals surface area contributed by atoms with Crippen LogP contribution in [0.5, 0.6) is 5.75 Å². The Morgan fingerprint density at radius 1 is 1.35 bits per heavy atom. The fourth-order valence-electron chi connectivity index (χ4n) is 4.74. The van der Waals surface area contributed by atoms with E-state index in [-0.39, 0.29) is 24.8 Å². The van der Waals surface area contributed by atoms with E-state index >= 15 is 0 Å². The van der Waals surface area contributed by atoms with Crippen LogP contribution in [0.3, 0.4) is 0 Å². The zero-order valence-corrected chi connectivity index (χ0v) is 20.3. The lowest BCUT2D eigenvalue weighted by molar-refractivity contribution is 0.0482. The minimum Gasteiger partial charge on any atom is -0.494 e. The van der Waals surface area contributed by atoms with Gasteiger partial charge in [-0.05, 0) is 75.6 Å². The molecule has 1 amide bonds. The number of nitrogens with zero attached hydrogens (tertiary/aromatic N) is 2. The summed E-state index contributed by atoms with van der Waals surface area (Å²) in [6, 6.07) is 5.26. The number of benzene rings is 1. The molecule has 0 saturated carbocycles. The summed E-state index contributed by atoms with van der Waals surface area (Å²) in [5.41, 5.74) is 4.55. The standard InChI is InChI=1S/C25H38N4O5/c1-17-14-21(5-6-22(17)23(31)26-18(2)15-30)33-12-3-4-19-7-10-29(11-8-19)25-27-24(34-28-25)20-9-13-32-16-20/h5-6,14,18-20,25,28,30H,3-4,7-13,15-16H2,1-2H3,(H,26,31)/t18-,20?,25?/m1/s1. The fourth-order valence-corrected chi connectivity index (χ4v) is 4.74. The van der Waals surface area contributed by atoms with Crippen molar-refractivity contribution >= 4 is 11.8 Å². The van der Waals surface area contributed by atoms with E-state index in [1.165, 1.54) is 0 Å². The molecule has 3 heterocycles. The largest absolute Gasteiger partial charge is 0.494 e. The van der Waals surface area contributed by atoms with Crippen LogP contribution >= 0.6 is 0 Å². The van der Waals surface area contributed by atoms with Gasteiger partial charge in [0.15, 0.2) is 6.29 Å². The summed E-state index contributed by atoms with van der Waals surface area (Å²) in [6.07, 6.45) is 5.39. The quantitative estimate of drug-likeness (QED) is 0.447. The molecule has 3 aliphatic rings. The molecule has 188 valence electrons. The maximum Gasteiger partial charge on any atom is 0.251 e. The van der Waals surface area contributed by atoms with Gasteiger partial charge in [-0.1, -0.05) is 0 Å². The molecule has 3 aliphatic heterocycles. The van der Waals surface area contributed by atoms with Crippen LogP contribution in [-0.4, -0.2) is 73.7 Å². The van der Waals surface area contributed by atoms with Gasteiger partial charge in [0.25, 0.3) is 5.91 Å². The summed E-state index contributed by atoms with van der Waals surface area (Å²) in [5.74, 6) is 2.40. The van der Waals surface area contributed by atoms with Gasteiger partial charge >= 0.3 is 0 Å². The van der Waals surface area contributed by atoms with Gasteiger partial charge in [0.2, 0.25) is 5.90 Å². The van der Waals surface area contributed by atoms with Crippen molar-refractivity contribution in [2.24, 2.45) is 16.8 Å². The second kappa shape index (κ2) is 12.0. The molecule has 0 radical (unpaired) electrons.